The summed E-state index contributed by atoms with van der Waals surface area (Å²) >= 11 is 0. The van der Waals surface area contributed by atoms with Crippen LogP contribution in [0.15, 0.2) is 10.9 Å². The van der Waals surface area contributed by atoms with Crippen LogP contribution in [0.5, 0.6) is 5.88 Å². The van der Waals surface area contributed by atoms with Crippen LogP contribution in [0.2, 0.25) is 0 Å². The first kappa shape index (κ1) is 8.12. The number of hydrogen-bond donors (Lipinski definition) is 4. The molecule has 0 aliphatic carbocycles. The Morgan fingerprint density at radius 1 is 1.50 bits per heavy atom. The molecule has 0 saturated heterocycles. The Hall–Kier alpha value is -1.98. The molecule has 0 spiro atoms. The summed E-state index contributed by atoms with van der Waals surface area (Å²) in [6, 6.07) is 0. The van der Waals surface area contributed by atoms with Crippen LogP contribution in [0, 0.1) is 0 Å². The molecule has 0 aromatic carbocycles. The lowest BCUT2D eigenvalue weighted by atomic mass is 10.4. The first-order valence-electron chi connectivity index (χ1n) is 3.08. The number of amides is 1. The molecule has 0 aliphatic rings. The number of carbonyl (C=O) groups is 1. The molecule has 0 radical (unpaired) electrons. The summed E-state index contributed by atoms with van der Waals surface area (Å²) < 4.78 is 0. The predicted octanol–water partition coefficient (Wildman–Crippen LogP) is -1.09. The van der Waals surface area contributed by atoms with Crippen molar-refractivity contribution in [2.75, 3.05) is 0 Å². The van der Waals surface area contributed by atoms with Crippen molar-refractivity contribution in [1.29, 1.82) is 0 Å². The summed E-state index contributed by atoms with van der Waals surface area (Å²) in [5.74, 6) is -0.978. The molecule has 1 heterocycles. The fourth-order valence-electron chi connectivity index (χ4n) is 0.674. The van der Waals surface area contributed by atoms with E-state index in [1.165, 1.54) is 6.08 Å². The zero-order chi connectivity index (χ0) is 9.14. The Kier molecular flexibility index (Phi) is 2.00. The number of aromatic hydroxyl groups is 1. The van der Waals surface area contributed by atoms with Gasteiger partial charge in [-0.05, 0) is 6.08 Å². The molecule has 12 heavy (non-hydrogen) atoms. The molecule has 0 atom stereocenters. The van der Waals surface area contributed by atoms with Gasteiger partial charge in [-0.1, -0.05) is 0 Å². The highest BCUT2D eigenvalue weighted by Gasteiger charge is 2.00. The second-order valence-electron chi connectivity index (χ2n) is 2.08. The van der Waals surface area contributed by atoms with Gasteiger partial charge in [0.1, 0.15) is 5.69 Å². The Labute approximate surface area is 66.7 Å². The maximum atomic E-state index is 10.5. The number of aromatic amines is 2. The number of rotatable bonds is 2. The molecule has 1 amide bonds. The van der Waals surface area contributed by atoms with Crippen molar-refractivity contribution in [2.24, 2.45) is 5.73 Å². The number of primary amides is 1. The molecule has 6 nitrogen and oxygen atoms in total. The van der Waals surface area contributed by atoms with E-state index in [-0.39, 0.29) is 11.6 Å². The van der Waals surface area contributed by atoms with E-state index >= 15 is 0 Å². The Bertz CT molecular complexity index is 374. The monoisotopic (exact) mass is 169 g/mol. The molecular weight excluding hydrogens is 162 g/mol. The Morgan fingerprint density at radius 3 is 2.58 bits per heavy atom. The maximum Gasteiger partial charge on any atom is 0.326 e. The van der Waals surface area contributed by atoms with Crippen molar-refractivity contribution < 1.29 is 9.90 Å². The molecule has 64 valence electrons. The lowest BCUT2D eigenvalue weighted by Crippen LogP contribution is -2.05. The van der Waals surface area contributed by atoms with Crippen LogP contribution in [0.25, 0.3) is 6.08 Å². The Morgan fingerprint density at radius 2 is 2.17 bits per heavy atom. The third-order valence-electron chi connectivity index (χ3n) is 1.15. The van der Waals surface area contributed by atoms with Gasteiger partial charge in [-0.3, -0.25) is 9.78 Å². The van der Waals surface area contributed by atoms with Crippen LogP contribution in [0.1, 0.15) is 5.69 Å². The highest BCUT2D eigenvalue weighted by atomic mass is 16.3. The van der Waals surface area contributed by atoms with E-state index in [9.17, 15) is 9.59 Å². The van der Waals surface area contributed by atoms with Gasteiger partial charge in [-0.15, -0.1) is 0 Å². The van der Waals surface area contributed by atoms with Gasteiger partial charge in [0.25, 0.3) is 0 Å². The zero-order valence-electron chi connectivity index (χ0n) is 6.00. The fourth-order valence-corrected chi connectivity index (χ4v) is 0.674. The molecule has 1 aromatic rings. The minimum atomic E-state index is -0.656. The van der Waals surface area contributed by atoms with Crippen molar-refractivity contribution in [3.63, 3.8) is 0 Å². The lowest BCUT2D eigenvalue weighted by Gasteiger charge is -1.85. The van der Waals surface area contributed by atoms with E-state index in [1.807, 2.05) is 0 Å². The van der Waals surface area contributed by atoms with Crippen LogP contribution < -0.4 is 11.4 Å². The van der Waals surface area contributed by atoms with Crippen LogP contribution in [0.4, 0.5) is 0 Å². The standard InChI is InChI=1S/C6H7N3O3/c7-4(10)2-1-3-5(11)9-6(12)8-3/h1-2,11H,(H2,7,10)(H2,8,9,12). The van der Waals surface area contributed by atoms with Crippen molar-refractivity contribution in [2.45, 2.75) is 0 Å². The molecule has 0 fully saturated rings. The van der Waals surface area contributed by atoms with Crippen molar-refractivity contribution in [3.05, 3.63) is 22.3 Å². The number of carbonyl (C=O) groups excluding carboxylic acids is 1. The summed E-state index contributed by atoms with van der Waals surface area (Å²) in [6.45, 7) is 0. The Balaban J connectivity index is 2.96. The molecule has 0 unspecified atom stereocenters. The topological polar surface area (TPSA) is 112 Å². The van der Waals surface area contributed by atoms with Gasteiger partial charge in [-0.2, -0.15) is 0 Å². The third-order valence-corrected chi connectivity index (χ3v) is 1.15. The largest absolute Gasteiger partial charge is 0.493 e. The van der Waals surface area contributed by atoms with Gasteiger partial charge in [0, 0.05) is 6.08 Å². The van der Waals surface area contributed by atoms with Gasteiger partial charge in [0.05, 0.1) is 0 Å². The summed E-state index contributed by atoms with van der Waals surface area (Å²) in [7, 11) is 0. The normalized spacial score (nSPS) is 10.7. The minimum absolute atomic E-state index is 0.124. The van der Waals surface area contributed by atoms with Crippen LogP contribution in [0.3, 0.4) is 0 Å². The highest BCUT2D eigenvalue weighted by Crippen LogP contribution is 2.08. The molecule has 1 aromatic heterocycles. The van der Waals surface area contributed by atoms with Gasteiger partial charge in [0.2, 0.25) is 11.8 Å². The van der Waals surface area contributed by atoms with Crippen LogP contribution >= 0.6 is 0 Å². The summed E-state index contributed by atoms with van der Waals surface area (Å²) in [5, 5.41) is 8.95. The molecular formula is C6H7N3O3. The summed E-state index contributed by atoms with van der Waals surface area (Å²) in [5.41, 5.74) is 4.37. The molecule has 1 rings (SSSR count). The fraction of sp³-hybridized carbons (Fsp3) is 0. The average Bonchev–Trinajstić information content (AvgIpc) is 2.26. The van der Waals surface area contributed by atoms with Gasteiger partial charge in [0.15, 0.2) is 0 Å². The molecule has 0 saturated carbocycles. The molecule has 0 bridgehead atoms. The zero-order valence-corrected chi connectivity index (χ0v) is 6.00. The molecule has 5 N–H and O–H groups in total. The third kappa shape index (κ3) is 1.75. The van der Waals surface area contributed by atoms with Gasteiger partial charge < -0.3 is 15.8 Å². The van der Waals surface area contributed by atoms with Crippen molar-refractivity contribution >= 4 is 12.0 Å². The highest BCUT2D eigenvalue weighted by molar-refractivity contribution is 5.90. The average molecular weight is 169 g/mol. The predicted molar refractivity (Wildman–Crippen MR) is 41.3 cm³/mol. The summed E-state index contributed by atoms with van der Waals surface area (Å²) in [4.78, 5) is 25.1. The number of imidazole rings is 1. The number of hydrogen-bond acceptors (Lipinski definition) is 3. The molecule has 6 heteroatoms. The smallest absolute Gasteiger partial charge is 0.326 e. The van der Waals surface area contributed by atoms with E-state index in [0.717, 1.165) is 6.08 Å². The quantitative estimate of drug-likeness (QED) is 0.422. The lowest BCUT2D eigenvalue weighted by molar-refractivity contribution is -0.113. The number of nitrogens with two attached hydrogens (primary N) is 1. The first-order valence-corrected chi connectivity index (χ1v) is 3.08. The van der Waals surface area contributed by atoms with Crippen molar-refractivity contribution in [1.82, 2.24) is 9.97 Å². The van der Waals surface area contributed by atoms with Gasteiger partial charge in [-0.25, -0.2) is 4.79 Å². The van der Waals surface area contributed by atoms with E-state index < -0.39 is 11.6 Å². The van der Waals surface area contributed by atoms with E-state index in [0.29, 0.717) is 0 Å². The number of aromatic nitrogens is 2. The SMILES string of the molecule is NC(=O)C=Cc1[nH]c(=O)[nH]c1O. The number of nitrogens with one attached hydrogen (secondary N) is 2. The minimum Gasteiger partial charge on any atom is -0.493 e. The molecule has 0 aliphatic heterocycles. The second-order valence-corrected chi connectivity index (χ2v) is 2.08. The summed E-state index contributed by atoms with van der Waals surface area (Å²) in [6.07, 6.45) is 2.23. The first-order chi connectivity index (χ1) is 5.59. The second kappa shape index (κ2) is 2.95. The maximum absolute atomic E-state index is 10.5. The van der Waals surface area contributed by atoms with E-state index in [4.69, 9.17) is 10.8 Å². The number of H-pyrrole nitrogens is 2. The van der Waals surface area contributed by atoms with Crippen LogP contribution in [-0.4, -0.2) is 21.0 Å². The van der Waals surface area contributed by atoms with E-state index in [1.54, 1.807) is 0 Å². The van der Waals surface area contributed by atoms with Crippen molar-refractivity contribution in [3.8, 4) is 5.88 Å². The van der Waals surface area contributed by atoms with Crippen LogP contribution in [-0.2, 0) is 4.79 Å². The van der Waals surface area contributed by atoms with E-state index in [2.05, 4.69) is 9.97 Å². The van der Waals surface area contributed by atoms with Gasteiger partial charge >= 0.3 is 5.69 Å².